The van der Waals surface area contributed by atoms with Crippen molar-refractivity contribution in [1.29, 1.82) is 10.8 Å². The number of carbonyl (C=O) groups is 2. The fraction of sp³-hybridized carbons (Fsp3) is 0.600. The van der Waals surface area contributed by atoms with Gasteiger partial charge in [0.05, 0.1) is 6.10 Å². The molecule has 0 aliphatic heterocycles. The van der Waals surface area contributed by atoms with Crippen LogP contribution in [0.3, 0.4) is 0 Å². The fourth-order valence-corrected chi connectivity index (χ4v) is 2.18. The second-order valence-corrected chi connectivity index (χ2v) is 6.00. The van der Waals surface area contributed by atoms with E-state index in [1.807, 2.05) is 0 Å². The first-order valence-electron chi connectivity index (χ1n) is 7.25. The molecule has 3 atom stereocenters. The van der Waals surface area contributed by atoms with Gasteiger partial charge in [0.25, 0.3) is 0 Å². The summed E-state index contributed by atoms with van der Waals surface area (Å²) in [5, 5.41) is 32.7. The Morgan fingerprint density at radius 1 is 1.30 bits per heavy atom. The summed E-state index contributed by atoms with van der Waals surface area (Å²) in [6.45, 7) is 5.38. The van der Waals surface area contributed by atoms with Crippen LogP contribution in [0.15, 0.2) is 12.2 Å². The smallest absolute Gasteiger partial charge is 0.321 e. The maximum Gasteiger partial charge on any atom is 0.321 e. The molecule has 0 aromatic carbocycles. The van der Waals surface area contributed by atoms with Crippen LogP contribution in [0, 0.1) is 16.7 Å². The van der Waals surface area contributed by atoms with Crippen LogP contribution in [0.1, 0.15) is 32.6 Å². The van der Waals surface area contributed by atoms with Crippen molar-refractivity contribution >= 4 is 35.8 Å². The number of carboxylic acids is 1. The van der Waals surface area contributed by atoms with Gasteiger partial charge in [0.15, 0.2) is 5.78 Å². The second-order valence-electron chi connectivity index (χ2n) is 5.49. The quantitative estimate of drug-likeness (QED) is 0.178. The molecule has 8 heteroatoms. The van der Waals surface area contributed by atoms with Gasteiger partial charge in [0, 0.05) is 29.3 Å². The highest BCUT2D eigenvalue weighted by Gasteiger charge is 2.29. The number of nitrogens with one attached hydrogen (secondary N) is 2. The molecule has 6 N–H and O–H groups in total. The van der Waals surface area contributed by atoms with Crippen LogP contribution in [0.4, 0.5) is 0 Å². The summed E-state index contributed by atoms with van der Waals surface area (Å²) in [4.78, 5) is 23.3. The number of thiol groups is 1. The number of ketones is 1. The first kappa shape index (κ1) is 21.5. The number of hydrogen-bond donors (Lipinski definition) is 6. The zero-order valence-corrected chi connectivity index (χ0v) is 14.1. The minimum Gasteiger partial charge on any atom is -0.480 e. The second kappa shape index (κ2) is 10.3. The van der Waals surface area contributed by atoms with E-state index in [0.717, 1.165) is 0 Å². The number of Topliss-reactive ketones (excluding diaryl/α,β-unsaturated/α-hetero) is 1. The van der Waals surface area contributed by atoms with Crippen molar-refractivity contribution in [2.75, 3.05) is 6.54 Å². The molecule has 0 aromatic heterocycles. The SMILES string of the molecule is C=C(C(=O)C(CCCN)CC(=N)C(O)CC(C)=N)C(S)C(=O)O. The van der Waals surface area contributed by atoms with E-state index in [0.29, 0.717) is 19.4 Å². The molecular formula is C15H25N3O4S. The van der Waals surface area contributed by atoms with E-state index < -0.39 is 29.0 Å². The van der Waals surface area contributed by atoms with Crippen LogP contribution in [-0.2, 0) is 9.59 Å². The molecule has 7 nitrogen and oxygen atoms in total. The molecule has 0 saturated carbocycles. The van der Waals surface area contributed by atoms with Gasteiger partial charge in [-0.15, -0.1) is 0 Å². The van der Waals surface area contributed by atoms with Gasteiger partial charge in [-0.3, -0.25) is 9.59 Å². The van der Waals surface area contributed by atoms with Crippen LogP contribution in [0.25, 0.3) is 0 Å². The van der Waals surface area contributed by atoms with Gasteiger partial charge in [-0.1, -0.05) is 6.58 Å². The molecule has 0 fully saturated rings. The van der Waals surface area contributed by atoms with Crippen LogP contribution < -0.4 is 5.73 Å². The minimum absolute atomic E-state index is 0.0214. The van der Waals surface area contributed by atoms with Gasteiger partial charge in [0.2, 0.25) is 0 Å². The molecule has 23 heavy (non-hydrogen) atoms. The average Bonchev–Trinajstić information content (AvgIpc) is 2.47. The maximum atomic E-state index is 12.4. The lowest BCUT2D eigenvalue weighted by Crippen LogP contribution is -2.31. The van der Waals surface area contributed by atoms with Crippen LogP contribution in [0.2, 0.25) is 0 Å². The number of aliphatic hydroxyl groups is 1. The summed E-state index contributed by atoms with van der Waals surface area (Å²) >= 11 is 3.85. The van der Waals surface area contributed by atoms with Crippen molar-refractivity contribution in [2.45, 2.75) is 44.0 Å². The number of aliphatic carboxylic acids is 1. The molecule has 0 rings (SSSR count). The monoisotopic (exact) mass is 343 g/mol. The van der Waals surface area contributed by atoms with Crippen molar-refractivity contribution in [3.8, 4) is 0 Å². The van der Waals surface area contributed by atoms with Crippen LogP contribution in [0.5, 0.6) is 0 Å². The standard InChI is InChI=1S/C15H25N3O4S/c1-8(17)6-12(19)11(18)7-10(4-3-5-16)13(20)9(2)14(23)15(21)22/h10,12,14,17-19,23H,2-7,16H2,1H3,(H,21,22). The van der Waals surface area contributed by atoms with E-state index in [4.69, 9.17) is 21.7 Å². The van der Waals surface area contributed by atoms with Gasteiger partial charge in [-0.25, -0.2) is 0 Å². The molecule has 0 heterocycles. The molecule has 0 spiro atoms. The molecule has 0 aliphatic carbocycles. The highest BCUT2D eigenvalue weighted by molar-refractivity contribution is 7.82. The molecular weight excluding hydrogens is 318 g/mol. The Balaban J connectivity index is 5.03. The summed E-state index contributed by atoms with van der Waals surface area (Å²) in [6, 6.07) is 0. The molecule has 0 amide bonds. The topological polar surface area (TPSA) is 148 Å². The highest BCUT2D eigenvalue weighted by Crippen LogP contribution is 2.22. The number of nitrogens with two attached hydrogens (primary N) is 1. The Morgan fingerprint density at radius 3 is 2.30 bits per heavy atom. The van der Waals surface area contributed by atoms with E-state index in [-0.39, 0.29) is 29.8 Å². The lowest BCUT2D eigenvalue weighted by Gasteiger charge is -2.20. The minimum atomic E-state index is -1.30. The van der Waals surface area contributed by atoms with Crippen molar-refractivity contribution in [3.05, 3.63) is 12.2 Å². The molecule has 0 bridgehead atoms. The first-order chi connectivity index (χ1) is 10.6. The van der Waals surface area contributed by atoms with Gasteiger partial charge >= 0.3 is 5.97 Å². The van der Waals surface area contributed by atoms with Crippen molar-refractivity contribution in [2.24, 2.45) is 11.7 Å². The van der Waals surface area contributed by atoms with Gasteiger partial charge in [-0.2, -0.15) is 12.6 Å². The molecule has 0 aromatic rings. The van der Waals surface area contributed by atoms with Gasteiger partial charge in [0.1, 0.15) is 5.25 Å². The molecule has 3 unspecified atom stereocenters. The Labute approximate surface area is 141 Å². The number of rotatable bonds is 12. The fourth-order valence-electron chi connectivity index (χ4n) is 2.05. The Kier molecular flexibility index (Phi) is 9.62. The Hall–Kier alpha value is -1.51. The van der Waals surface area contributed by atoms with Crippen LogP contribution >= 0.6 is 12.6 Å². The zero-order chi connectivity index (χ0) is 18.2. The molecule has 0 saturated heterocycles. The van der Waals surface area contributed by atoms with E-state index in [1.165, 1.54) is 6.92 Å². The van der Waals surface area contributed by atoms with Gasteiger partial charge in [-0.05, 0) is 32.7 Å². The molecule has 130 valence electrons. The summed E-state index contributed by atoms with van der Waals surface area (Å²) in [6.07, 6.45) is -0.220. The number of carboxylic acid groups (broad SMARTS) is 1. The maximum absolute atomic E-state index is 12.4. The third kappa shape index (κ3) is 7.54. The van der Waals surface area contributed by atoms with E-state index in [9.17, 15) is 14.7 Å². The molecule has 0 aliphatic rings. The van der Waals surface area contributed by atoms with Crippen LogP contribution in [-0.4, -0.2) is 51.3 Å². The normalized spacial score (nSPS) is 14.6. The number of hydrogen-bond acceptors (Lipinski definition) is 7. The van der Waals surface area contributed by atoms with Crippen molar-refractivity contribution < 1.29 is 19.8 Å². The predicted octanol–water partition coefficient (Wildman–Crippen LogP) is 1.05. The number of aliphatic hydroxyl groups excluding tert-OH is 1. The van der Waals surface area contributed by atoms with Crippen molar-refractivity contribution in [3.63, 3.8) is 0 Å². The Bertz CT molecular complexity index is 493. The summed E-state index contributed by atoms with van der Waals surface area (Å²) < 4.78 is 0. The lowest BCUT2D eigenvalue weighted by molar-refractivity contribution is -0.136. The first-order valence-corrected chi connectivity index (χ1v) is 7.76. The lowest BCUT2D eigenvalue weighted by atomic mass is 9.86. The van der Waals surface area contributed by atoms with E-state index >= 15 is 0 Å². The Morgan fingerprint density at radius 2 is 1.87 bits per heavy atom. The largest absolute Gasteiger partial charge is 0.480 e. The average molecular weight is 343 g/mol. The zero-order valence-electron chi connectivity index (χ0n) is 13.2. The number of carbonyl (C=O) groups excluding carboxylic acids is 1. The molecule has 0 radical (unpaired) electrons. The predicted molar refractivity (Wildman–Crippen MR) is 92.7 cm³/mol. The summed E-state index contributed by atoms with van der Waals surface area (Å²) in [5.41, 5.74) is 5.47. The van der Waals surface area contributed by atoms with Gasteiger partial charge < -0.3 is 26.8 Å². The highest BCUT2D eigenvalue weighted by atomic mass is 32.1. The van der Waals surface area contributed by atoms with E-state index in [1.54, 1.807) is 0 Å². The van der Waals surface area contributed by atoms with Crippen molar-refractivity contribution in [1.82, 2.24) is 0 Å². The van der Waals surface area contributed by atoms with E-state index in [2.05, 4.69) is 19.2 Å². The third-order valence-corrected chi connectivity index (χ3v) is 3.91. The summed E-state index contributed by atoms with van der Waals surface area (Å²) in [5.74, 6) is -2.42. The summed E-state index contributed by atoms with van der Waals surface area (Å²) in [7, 11) is 0. The third-order valence-electron chi connectivity index (χ3n) is 3.38.